The van der Waals surface area contributed by atoms with E-state index in [9.17, 15) is 4.39 Å². The smallest absolute Gasteiger partial charge is 0.123 e. The van der Waals surface area contributed by atoms with Crippen molar-refractivity contribution in [3.63, 3.8) is 0 Å². The molecule has 0 aliphatic heterocycles. The Balaban J connectivity index is 2.13. The molecule has 0 radical (unpaired) electrons. The van der Waals surface area contributed by atoms with Crippen molar-refractivity contribution in [1.29, 1.82) is 0 Å². The summed E-state index contributed by atoms with van der Waals surface area (Å²) in [5.74, 6) is -0.263. The van der Waals surface area contributed by atoms with Crippen LogP contribution in [0.3, 0.4) is 0 Å². The molecule has 2 aromatic rings. The van der Waals surface area contributed by atoms with Gasteiger partial charge in [-0.1, -0.05) is 34.5 Å². The fraction of sp³-hybridized carbons (Fsp3) is 0.385. The van der Waals surface area contributed by atoms with E-state index in [1.54, 1.807) is 10.7 Å². The third-order valence-electron chi connectivity index (χ3n) is 2.88. The first kappa shape index (κ1) is 14.1. The molecule has 102 valence electrons. The highest BCUT2D eigenvalue weighted by atomic mass is 79.9. The van der Waals surface area contributed by atoms with E-state index in [1.165, 1.54) is 12.1 Å². The zero-order valence-electron chi connectivity index (χ0n) is 10.7. The van der Waals surface area contributed by atoms with Crippen molar-refractivity contribution < 1.29 is 4.39 Å². The maximum absolute atomic E-state index is 13.2. The van der Waals surface area contributed by atoms with Crippen molar-refractivity contribution in [3.8, 4) is 0 Å². The summed E-state index contributed by atoms with van der Waals surface area (Å²) in [5, 5.41) is 8.09. The zero-order chi connectivity index (χ0) is 13.8. The lowest BCUT2D eigenvalue weighted by molar-refractivity contribution is 0.610. The standard InChI is InChI=1S/C13H16BrFN4/c1-2-3-12(16)13-8-19(18-17-13)7-9-6-10(15)4-5-11(9)14/h4-6,8,12H,2-3,7,16H2,1H3. The van der Waals surface area contributed by atoms with Crippen LogP contribution < -0.4 is 5.73 Å². The molecule has 0 aliphatic rings. The SMILES string of the molecule is CCCC(N)c1cn(Cc2cc(F)ccc2Br)nn1. The van der Waals surface area contributed by atoms with Gasteiger partial charge in [0.1, 0.15) is 5.82 Å². The van der Waals surface area contributed by atoms with Crippen LogP contribution in [0, 0.1) is 5.82 Å². The summed E-state index contributed by atoms with van der Waals surface area (Å²) in [6, 6.07) is 4.50. The molecule has 0 saturated carbocycles. The lowest BCUT2D eigenvalue weighted by Gasteiger charge is -2.05. The van der Waals surface area contributed by atoms with E-state index in [1.807, 2.05) is 6.20 Å². The zero-order valence-corrected chi connectivity index (χ0v) is 12.3. The molecule has 1 aromatic carbocycles. The topological polar surface area (TPSA) is 56.7 Å². The molecule has 6 heteroatoms. The molecular formula is C13H16BrFN4. The Morgan fingerprint density at radius 3 is 3.00 bits per heavy atom. The number of aromatic nitrogens is 3. The van der Waals surface area contributed by atoms with Crippen LogP contribution in [0.1, 0.15) is 37.1 Å². The van der Waals surface area contributed by atoms with Gasteiger partial charge in [-0.05, 0) is 30.2 Å². The molecule has 0 saturated heterocycles. The Kier molecular flexibility index (Phi) is 4.66. The Morgan fingerprint density at radius 2 is 2.26 bits per heavy atom. The highest BCUT2D eigenvalue weighted by molar-refractivity contribution is 9.10. The minimum Gasteiger partial charge on any atom is -0.323 e. The average molecular weight is 327 g/mol. The normalized spacial score (nSPS) is 12.6. The minimum absolute atomic E-state index is 0.0882. The quantitative estimate of drug-likeness (QED) is 0.918. The molecule has 1 heterocycles. The summed E-state index contributed by atoms with van der Waals surface area (Å²) in [5.41, 5.74) is 7.57. The summed E-state index contributed by atoms with van der Waals surface area (Å²) < 4.78 is 15.7. The summed E-state index contributed by atoms with van der Waals surface area (Å²) in [4.78, 5) is 0. The summed E-state index contributed by atoms with van der Waals surface area (Å²) >= 11 is 3.40. The van der Waals surface area contributed by atoms with Crippen LogP contribution in [0.25, 0.3) is 0 Å². The van der Waals surface area contributed by atoms with Gasteiger partial charge in [0.05, 0.1) is 24.5 Å². The second kappa shape index (κ2) is 6.25. The Hall–Kier alpha value is -1.27. The van der Waals surface area contributed by atoms with Crippen molar-refractivity contribution in [3.05, 3.63) is 45.9 Å². The number of benzene rings is 1. The van der Waals surface area contributed by atoms with Gasteiger partial charge in [0, 0.05) is 4.47 Å². The summed E-state index contributed by atoms with van der Waals surface area (Å²) in [6.07, 6.45) is 3.70. The maximum Gasteiger partial charge on any atom is 0.123 e. The molecule has 4 nitrogen and oxygen atoms in total. The second-order valence-corrected chi connectivity index (χ2v) is 5.33. The van der Waals surface area contributed by atoms with Crippen LogP contribution in [0.15, 0.2) is 28.9 Å². The number of rotatable bonds is 5. The average Bonchev–Trinajstić information content (AvgIpc) is 2.83. The minimum atomic E-state index is -0.263. The van der Waals surface area contributed by atoms with Gasteiger partial charge in [0.25, 0.3) is 0 Å². The molecule has 0 aliphatic carbocycles. The van der Waals surface area contributed by atoms with Crippen LogP contribution in [0.5, 0.6) is 0 Å². The van der Waals surface area contributed by atoms with E-state index in [2.05, 4.69) is 33.2 Å². The molecule has 19 heavy (non-hydrogen) atoms. The fourth-order valence-electron chi connectivity index (χ4n) is 1.86. The van der Waals surface area contributed by atoms with E-state index in [0.29, 0.717) is 6.54 Å². The highest BCUT2D eigenvalue weighted by Crippen LogP contribution is 2.19. The third kappa shape index (κ3) is 3.61. The van der Waals surface area contributed by atoms with Gasteiger partial charge in [0.15, 0.2) is 0 Å². The molecule has 1 unspecified atom stereocenters. The van der Waals surface area contributed by atoms with Gasteiger partial charge in [-0.2, -0.15) is 0 Å². The third-order valence-corrected chi connectivity index (χ3v) is 3.65. The number of nitrogens with zero attached hydrogens (tertiary/aromatic N) is 3. The van der Waals surface area contributed by atoms with Crippen LogP contribution in [-0.4, -0.2) is 15.0 Å². The van der Waals surface area contributed by atoms with Gasteiger partial charge in [-0.15, -0.1) is 5.10 Å². The van der Waals surface area contributed by atoms with Crippen molar-refractivity contribution in [1.82, 2.24) is 15.0 Å². The van der Waals surface area contributed by atoms with Gasteiger partial charge in [0.2, 0.25) is 0 Å². The Labute approximate surface area is 119 Å². The molecule has 0 bridgehead atoms. The molecule has 1 aromatic heterocycles. The van der Waals surface area contributed by atoms with Gasteiger partial charge in [-0.25, -0.2) is 9.07 Å². The Bertz CT molecular complexity index is 555. The predicted molar refractivity (Wildman–Crippen MR) is 75.1 cm³/mol. The first-order chi connectivity index (χ1) is 9.10. The van der Waals surface area contributed by atoms with Crippen LogP contribution in [0.2, 0.25) is 0 Å². The first-order valence-electron chi connectivity index (χ1n) is 6.19. The number of nitrogens with two attached hydrogens (primary N) is 1. The van der Waals surface area contributed by atoms with Crippen molar-refractivity contribution in [2.45, 2.75) is 32.4 Å². The second-order valence-electron chi connectivity index (χ2n) is 4.47. The molecule has 0 fully saturated rings. The maximum atomic E-state index is 13.2. The molecule has 1 atom stereocenters. The predicted octanol–water partition coefficient (Wildman–Crippen LogP) is 3.03. The van der Waals surface area contributed by atoms with Crippen LogP contribution in [-0.2, 0) is 6.54 Å². The number of hydrogen-bond acceptors (Lipinski definition) is 3. The van der Waals surface area contributed by atoms with Crippen LogP contribution in [0.4, 0.5) is 4.39 Å². The molecule has 0 spiro atoms. The van der Waals surface area contributed by atoms with E-state index >= 15 is 0 Å². The van der Waals surface area contributed by atoms with E-state index in [-0.39, 0.29) is 11.9 Å². The largest absolute Gasteiger partial charge is 0.323 e. The number of halogens is 2. The Morgan fingerprint density at radius 1 is 1.47 bits per heavy atom. The van der Waals surface area contributed by atoms with E-state index in [4.69, 9.17) is 5.73 Å². The van der Waals surface area contributed by atoms with Crippen molar-refractivity contribution in [2.75, 3.05) is 0 Å². The lowest BCUT2D eigenvalue weighted by Crippen LogP contribution is -2.10. The van der Waals surface area contributed by atoms with Crippen molar-refractivity contribution >= 4 is 15.9 Å². The first-order valence-corrected chi connectivity index (χ1v) is 6.99. The molecule has 2 rings (SSSR count). The van der Waals surface area contributed by atoms with E-state index in [0.717, 1.165) is 28.6 Å². The molecule has 0 amide bonds. The number of hydrogen-bond donors (Lipinski definition) is 1. The monoisotopic (exact) mass is 326 g/mol. The van der Waals surface area contributed by atoms with Crippen LogP contribution >= 0.6 is 15.9 Å². The van der Waals surface area contributed by atoms with Gasteiger partial charge in [-0.3, -0.25) is 0 Å². The lowest BCUT2D eigenvalue weighted by atomic mass is 10.1. The van der Waals surface area contributed by atoms with Crippen molar-refractivity contribution in [2.24, 2.45) is 5.73 Å². The molecular weight excluding hydrogens is 311 g/mol. The highest BCUT2D eigenvalue weighted by Gasteiger charge is 2.10. The summed E-state index contributed by atoms with van der Waals surface area (Å²) in [7, 11) is 0. The van der Waals surface area contributed by atoms with E-state index < -0.39 is 0 Å². The van der Waals surface area contributed by atoms with Gasteiger partial charge >= 0.3 is 0 Å². The van der Waals surface area contributed by atoms with Gasteiger partial charge < -0.3 is 5.73 Å². The fourth-order valence-corrected chi connectivity index (χ4v) is 2.23. The molecule has 2 N–H and O–H groups in total. The summed E-state index contributed by atoms with van der Waals surface area (Å²) in [6.45, 7) is 2.54.